The number of fused-ring (bicyclic) bond motifs is 1. The van der Waals surface area contributed by atoms with Crippen molar-refractivity contribution in [3.8, 4) is 22.6 Å². The molecule has 0 aliphatic rings. The fourth-order valence-corrected chi connectivity index (χ4v) is 3.60. The molecule has 0 aliphatic carbocycles. The first-order valence-corrected chi connectivity index (χ1v) is 8.84. The molecule has 0 bridgehead atoms. The van der Waals surface area contributed by atoms with Crippen molar-refractivity contribution in [2.24, 2.45) is 0 Å². The van der Waals surface area contributed by atoms with Crippen LogP contribution in [0.3, 0.4) is 0 Å². The second kappa shape index (κ2) is 6.37. The van der Waals surface area contributed by atoms with Crippen LogP contribution in [0.2, 0.25) is 0 Å². The van der Waals surface area contributed by atoms with Crippen LogP contribution in [-0.2, 0) is 0 Å². The summed E-state index contributed by atoms with van der Waals surface area (Å²) in [5, 5.41) is 0. The number of rotatable bonds is 3. The molecule has 0 N–H and O–H groups in total. The minimum absolute atomic E-state index is 0.631. The lowest BCUT2D eigenvalue weighted by Gasteiger charge is -2.14. The van der Waals surface area contributed by atoms with Gasteiger partial charge in [0.25, 0.3) is 0 Å². The lowest BCUT2D eigenvalue weighted by atomic mass is 10.1. The van der Waals surface area contributed by atoms with Crippen molar-refractivity contribution in [3.63, 3.8) is 0 Å². The van der Waals surface area contributed by atoms with Crippen molar-refractivity contribution >= 4 is 32.7 Å². The molecule has 124 valence electrons. The van der Waals surface area contributed by atoms with Crippen LogP contribution in [0.5, 0.6) is 0 Å². The Labute approximate surface area is 155 Å². The minimum atomic E-state index is 0.631. The van der Waals surface area contributed by atoms with E-state index in [1.165, 1.54) is 5.56 Å². The molecule has 3 aromatic carbocycles. The first-order valence-electron chi connectivity index (χ1n) is 8.05. The third-order valence-electron chi connectivity index (χ3n) is 4.17. The van der Waals surface area contributed by atoms with Gasteiger partial charge >= 0.3 is 0 Å². The molecule has 25 heavy (non-hydrogen) atoms. The zero-order chi connectivity index (χ0) is 17.4. The molecular formula is C21H17BrN2O. The highest BCUT2D eigenvalue weighted by molar-refractivity contribution is 9.10. The van der Waals surface area contributed by atoms with E-state index in [1.54, 1.807) is 0 Å². The maximum atomic E-state index is 5.95. The number of aromatic nitrogens is 1. The van der Waals surface area contributed by atoms with Gasteiger partial charge in [-0.2, -0.15) is 0 Å². The molecular weight excluding hydrogens is 376 g/mol. The molecule has 4 rings (SSSR count). The molecule has 0 aliphatic heterocycles. The van der Waals surface area contributed by atoms with Gasteiger partial charge < -0.3 is 9.32 Å². The van der Waals surface area contributed by atoms with Crippen molar-refractivity contribution in [1.82, 2.24) is 4.98 Å². The molecule has 0 radical (unpaired) electrons. The highest BCUT2D eigenvalue weighted by Crippen LogP contribution is 2.32. The van der Waals surface area contributed by atoms with Crippen LogP contribution < -0.4 is 4.90 Å². The van der Waals surface area contributed by atoms with Crippen LogP contribution in [0.25, 0.3) is 33.7 Å². The van der Waals surface area contributed by atoms with E-state index in [0.29, 0.717) is 5.89 Å². The zero-order valence-electron chi connectivity index (χ0n) is 14.0. The summed E-state index contributed by atoms with van der Waals surface area (Å²) < 4.78 is 6.97. The number of nitrogens with zero attached hydrogens (tertiary/aromatic N) is 2. The van der Waals surface area contributed by atoms with Gasteiger partial charge in [-0.15, -0.1) is 0 Å². The van der Waals surface area contributed by atoms with Gasteiger partial charge in [0.15, 0.2) is 5.58 Å². The van der Waals surface area contributed by atoms with Gasteiger partial charge in [0.2, 0.25) is 5.89 Å². The molecule has 0 atom stereocenters. The number of halogens is 1. The van der Waals surface area contributed by atoms with E-state index in [9.17, 15) is 0 Å². The summed E-state index contributed by atoms with van der Waals surface area (Å²) in [6.07, 6.45) is 0. The Morgan fingerprint density at radius 2 is 1.60 bits per heavy atom. The Morgan fingerprint density at radius 1 is 0.840 bits per heavy atom. The minimum Gasteiger partial charge on any atom is -0.436 e. The molecule has 0 amide bonds. The lowest BCUT2D eigenvalue weighted by Crippen LogP contribution is -2.09. The maximum Gasteiger partial charge on any atom is 0.227 e. The van der Waals surface area contributed by atoms with Gasteiger partial charge in [-0.05, 0) is 57.4 Å². The molecule has 4 aromatic rings. The fraction of sp³-hybridized carbons (Fsp3) is 0.0952. The van der Waals surface area contributed by atoms with E-state index in [4.69, 9.17) is 4.42 Å². The Balaban J connectivity index is 1.76. The summed E-state index contributed by atoms with van der Waals surface area (Å²) in [5.41, 5.74) is 6.04. The topological polar surface area (TPSA) is 29.3 Å². The number of hydrogen-bond acceptors (Lipinski definition) is 3. The van der Waals surface area contributed by atoms with Gasteiger partial charge in [0.05, 0.1) is 5.69 Å². The SMILES string of the molecule is CN(C)c1ccc(-c2nc3cc(-c4ccccc4)ccc3o2)cc1Br. The lowest BCUT2D eigenvalue weighted by molar-refractivity contribution is 0.620. The van der Waals surface area contributed by atoms with Gasteiger partial charge in [-0.3, -0.25) is 0 Å². The van der Waals surface area contributed by atoms with Crippen LogP contribution in [0, 0.1) is 0 Å². The Bertz CT molecular complexity index is 1040. The van der Waals surface area contributed by atoms with Gasteiger partial charge in [0.1, 0.15) is 5.52 Å². The molecule has 4 heteroatoms. The number of anilines is 1. The van der Waals surface area contributed by atoms with Gasteiger partial charge in [0, 0.05) is 24.1 Å². The summed E-state index contributed by atoms with van der Waals surface area (Å²) in [7, 11) is 4.04. The quantitative estimate of drug-likeness (QED) is 0.428. The second-order valence-corrected chi connectivity index (χ2v) is 6.98. The van der Waals surface area contributed by atoms with Crippen LogP contribution in [0.4, 0.5) is 5.69 Å². The molecule has 3 nitrogen and oxygen atoms in total. The normalized spacial score (nSPS) is 11.0. The molecule has 0 unspecified atom stereocenters. The maximum absolute atomic E-state index is 5.95. The fourth-order valence-electron chi connectivity index (χ4n) is 2.86. The number of oxazole rings is 1. The molecule has 0 saturated heterocycles. The summed E-state index contributed by atoms with van der Waals surface area (Å²) in [5.74, 6) is 0.631. The standard InChI is InChI=1S/C21H17BrN2O/c1-24(2)19-10-8-16(12-17(19)22)21-23-18-13-15(9-11-20(18)25-21)14-6-4-3-5-7-14/h3-13H,1-2H3. The summed E-state index contributed by atoms with van der Waals surface area (Å²) in [6.45, 7) is 0. The molecule has 0 spiro atoms. The average molecular weight is 393 g/mol. The van der Waals surface area contributed by atoms with Crippen LogP contribution in [-0.4, -0.2) is 19.1 Å². The van der Waals surface area contributed by atoms with Crippen LogP contribution in [0.15, 0.2) is 75.6 Å². The number of hydrogen-bond donors (Lipinski definition) is 0. The van der Waals surface area contributed by atoms with E-state index in [0.717, 1.165) is 32.4 Å². The van der Waals surface area contributed by atoms with E-state index >= 15 is 0 Å². The first kappa shape index (κ1) is 15.9. The third kappa shape index (κ3) is 3.05. The highest BCUT2D eigenvalue weighted by Gasteiger charge is 2.12. The Hall–Kier alpha value is -2.59. The van der Waals surface area contributed by atoms with Crippen molar-refractivity contribution in [2.45, 2.75) is 0 Å². The highest BCUT2D eigenvalue weighted by atomic mass is 79.9. The summed E-state index contributed by atoms with van der Waals surface area (Å²) in [4.78, 5) is 6.75. The van der Waals surface area contributed by atoms with E-state index in [-0.39, 0.29) is 0 Å². The summed E-state index contributed by atoms with van der Waals surface area (Å²) >= 11 is 3.62. The molecule has 0 saturated carbocycles. The van der Waals surface area contributed by atoms with Crippen molar-refractivity contribution in [2.75, 3.05) is 19.0 Å². The monoisotopic (exact) mass is 392 g/mol. The van der Waals surface area contributed by atoms with Crippen LogP contribution in [0.1, 0.15) is 0 Å². The van der Waals surface area contributed by atoms with Crippen molar-refractivity contribution < 1.29 is 4.42 Å². The van der Waals surface area contributed by atoms with Gasteiger partial charge in [-0.25, -0.2) is 4.98 Å². The molecule has 1 aromatic heterocycles. The van der Waals surface area contributed by atoms with Crippen molar-refractivity contribution in [3.05, 3.63) is 71.2 Å². The predicted octanol–water partition coefficient (Wildman–Crippen LogP) is 5.99. The first-order chi connectivity index (χ1) is 12.1. The van der Waals surface area contributed by atoms with Crippen LogP contribution >= 0.6 is 15.9 Å². The Kier molecular flexibility index (Phi) is 4.06. The average Bonchev–Trinajstić information content (AvgIpc) is 3.05. The Morgan fingerprint density at radius 3 is 2.32 bits per heavy atom. The molecule has 1 heterocycles. The second-order valence-electron chi connectivity index (χ2n) is 6.13. The third-order valence-corrected chi connectivity index (χ3v) is 4.81. The van der Waals surface area contributed by atoms with E-state index in [1.807, 2.05) is 50.5 Å². The van der Waals surface area contributed by atoms with Gasteiger partial charge in [-0.1, -0.05) is 36.4 Å². The van der Waals surface area contributed by atoms with E-state index < -0.39 is 0 Å². The smallest absolute Gasteiger partial charge is 0.227 e. The zero-order valence-corrected chi connectivity index (χ0v) is 15.6. The predicted molar refractivity (Wildman–Crippen MR) is 107 cm³/mol. The largest absolute Gasteiger partial charge is 0.436 e. The summed E-state index contributed by atoms with van der Waals surface area (Å²) in [6, 6.07) is 22.5. The molecule has 0 fully saturated rings. The van der Waals surface area contributed by atoms with E-state index in [2.05, 4.69) is 56.1 Å². The van der Waals surface area contributed by atoms with Crippen molar-refractivity contribution in [1.29, 1.82) is 0 Å². The number of benzene rings is 3.